The van der Waals surface area contributed by atoms with Crippen molar-refractivity contribution in [1.29, 1.82) is 5.26 Å². The van der Waals surface area contributed by atoms with Gasteiger partial charge in [0.25, 0.3) is 0 Å². The molecular formula is C8H16N2O. The summed E-state index contributed by atoms with van der Waals surface area (Å²) in [7, 11) is 0. The molecule has 0 aromatic heterocycles. The highest BCUT2D eigenvalue weighted by Gasteiger charge is 2.14. The standard InChI is InChI=1S/C8H16N2O/c1-3-7(4-2)8(11)5-10-6-9/h7-8,10-11H,3-5H2,1-2H3. The maximum absolute atomic E-state index is 9.43. The Labute approximate surface area is 68.0 Å². The van der Waals surface area contributed by atoms with Crippen LogP contribution >= 0.6 is 0 Å². The van der Waals surface area contributed by atoms with Crippen LogP contribution in [0, 0.1) is 17.4 Å². The van der Waals surface area contributed by atoms with E-state index in [1.165, 1.54) is 0 Å². The van der Waals surface area contributed by atoms with Gasteiger partial charge in [-0.2, -0.15) is 5.26 Å². The fourth-order valence-corrected chi connectivity index (χ4v) is 1.15. The van der Waals surface area contributed by atoms with Gasteiger partial charge in [0, 0.05) is 0 Å². The summed E-state index contributed by atoms with van der Waals surface area (Å²) in [6.07, 6.45) is 3.33. The predicted molar refractivity (Wildman–Crippen MR) is 43.7 cm³/mol. The highest BCUT2D eigenvalue weighted by Crippen LogP contribution is 2.11. The molecule has 2 N–H and O–H groups in total. The van der Waals surface area contributed by atoms with Gasteiger partial charge in [0.1, 0.15) is 0 Å². The molecule has 0 spiro atoms. The van der Waals surface area contributed by atoms with Crippen LogP contribution < -0.4 is 5.32 Å². The van der Waals surface area contributed by atoms with Crippen molar-refractivity contribution >= 4 is 0 Å². The Morgan fingerprint density at radius 1 is 1.45 bits per heavy atom. The van der Waals surface area contributed by atoms with E-state index in [0.29, 0.717) is 12.5 Å². The maximum Gasteiger partial charge on any atom is 0.176 e. The van der Waals surface area contributed by atoms with Crippen molar-refractivity contribution in [3.63, 3.8) is 0 Å². The number of hydrogen-bond acceptors (Lipinski definition) is 3. The van der Waals surface area contributed by atoms with Gasteiger partial charge in [-0.15, -0.1) is 0 Å². The van der Waals surface area contributed by atoms with Gasteiger partial charge < -0.3 is 10.4 Å². The molecule has 11 heavy (non-hydrogen) atoms. The molecule has 0 saturated carbocycles. The van der Waals surface area contributed by atoms with E-state index in [1.807, 2.05) is 13.8 Å². The summed E-state index contributed by atoms with van der Waals surface area (Å²) in [4.78, 5) is 0. The number of nitriles is 1. The third kappa shape index (κ3) is 3.84. The van der Waals surface area contributed by atoms with Crippen molar-refractivity contribution < 1.29 is 5.11 Å². The minimum atomic E-state index is -0.385. The zero-order chi connectivity index (χ0) is 8.69. The largest absolute Gasteiger partial charge is 0.391 e. The van der Waals surface area contributed by atoms with Crippen LogP contribution in [0.2, 0.25) is 0 Å². The lowest BCUT2D eigenvalue weighted by Gasteiger charge is -2.18. The Balaban J connectivity index is 3.61. The summed E-state index contributed by atoms with van der Waals surface area (Å²) in [5.41, 5.74) is 0. The van der Waals surface area contributed by atoms with Crippen LogP contribution in [0.5, 0.6) is 0 Å². The monoisotopic (exact) mass is 156 g/mol. The molecule has 0 aliphatic rings. The number of nitrogens with one attached hydrogen (secondary N) is 1. The average Bonchev–Trinajstić information content (AvgIpc) is 2.03. The summed E-state index contributed by atoms with van der Waals surface area (Å²) >= 11 is 0. The Morgan fingerprint density at radius 3 is 2.36 bits per heavy atom. The van der Waals surface area contributed by atoms with E-state index in [2.05, 4.69) is 5.32 Å². The van der Waals surface area contributed by atoms with Gasteiger partial charge in [0.2, 0.25) is 0 Å². The molecule has 0 heterocycles. The normalized spacial score (nSPS) is 12.6. The van der Waals surface area contributed by atoms with E-state index in [4.69, 9.17) is 5.26 Å². The van der Waals surface area contributed by atoms with Crippen LogP contribution in [0.15, 0.2) is 0 Å². The van der Waals surface area contributed by atoms with Crippen molar-refractivity contribution in [2.45, 2.75) is 32.8 Å². The van der Waals surface area contributed by atoms with Crippen LogP contribution in [0.4, 0.5) is 0 Å². The summed E-state index contributed by atoms with van der Waals surface area (Å²) in [6, 6.07) is 0. The molecule has 64 valence electrons. The van der Waals surface area contributed by atoms with Gasteiger partial charge in [0.05, 0.1) is 12.6 Å². The predicted octanol–water partition coefficient (Wildman–Crippen LogP) is 0.854. The Bertz CT molecular complexity index is 127. The average molecular weight is 156 g/mol. The maximum atomic E-state index is 9.43. The van der Waals surface area contributed by atoms with Gasteiger partial charge in [-0.1, -0.05) is 26.7 Å². The molecule has 0 aromatic carbocycles. The zero-order valence-corrected chi connectivity index (χ0v) is 7.17. The molecule has 0 radical (unpaired) electrons. The van der Waals surface area contributed by atoms with Gasteiger partial charge in [-0.25, -0.2) is 0 Å². The minimum Gasteiger partial charge on any atom is -0.391 e. The second kappa shape index (κ2) is 5.99. The lowest BCUT2D eigenvalue weighted by molar-refractivity contribution is 0.105. The van der Waals surface area contributed by atoms with Crippen LogP contribution in [-0.4, -0.2) is 17.8 Å². The third-order valence-corrected chi connectivity index (χ3v) is 1.98. The fourth-order valence-electron chi connectivity index (χ4n) is 1.15. The molecule has 3 nitrogen and oxygen atoms in total. The molecule has 1 unspecified atom stereocenters. The van der Waals surface area contributed by atoms with E-state index in [0.717, 1.165) is 12.8 Å². The van der Waals surface area contributed by atoms with Crippen molar-refractivity contribution in [1.82, 2.24) is 5.32 Å². The molecule has 0 bridgehead atoms. The second-order valence-corrected chi connectivity index (χ2v) is 2.64. The molecule has 0 saturated heterocycles. The summed E-state index contributed by atoms with van der Waals surface area (Å²) < 4.78 is 0. The molecule has 0 amide bonds. The quantitative estimate of drug-likeness (QED) is 0.458. The summed E-state index contributed by atoms with van der Waals surface area (Å²) in [6.45, 7) is 4.47. The lowest BCUT2D eigenvalue weighted by atomic mass is 9.97. The fraction of sp³-hybridized carbons (Fsp3) is 0.875. The minimum absolute atomic E-state index is 0.316. The first kappa shape index (κ1) is 10.2. The van der Waals surface area contributed by atoms with Gasteiger partial charge >= 0.3 is 0 Å². The van der Waals surface area contributed by atoms with Crippen molar-refractivity contribution in [2.75, 3.05) is 6.54 Å². The van der Waals surface area contributed by atoms with Crippen molar-refractivity contribution in [3.05, 3.63) is 0 Å². The highest BCUT2D eigenvalue weighted by atomic mass is 16.3. The van der Waals surface area contributed by atoms with Gasteiger partial charge in [0.15, 0.2) is 6.19 Å². The van der Waals surface area contributed by atoms with Crippen molar-refractivity contribution in [2.24, 2.45) is 5.92 Å². The SMILES string of the molecule is CCC(CC)C(O)CNC#N. The van der Waals surface area contributed by atoms with Crippen LogP contribution in [0.3, 0.4) is 0 Å². The smallest absolute Gasteiger partial charge is 0.176 e. The topological polar surface area (TPSA) is 56.0 Å². The molecule has 0 aliphatic heterocycles. The number of hydrogen-bond donors (Lipinski definition) is 2. The van der Waals surface area contributed by atoms with Gasteiger partial charge in [-0.05, 0) is 5.92 Å². The van der Waals surface area contributed by atoms with Crippen LogP contribution in [0.25, 0.3) is 0 Å². The second-order valence-electron chi connectivity index (χ2n) is 2.64. The van der Waals surface area contributed by atoms with E-state index >= 15 is 0 Å². The summed E-state index contributed by atoms with van der Waals surface area (Å²) in [5, 5.41) is 20.0. The molecule has 0 aromatic rings. The van der Waals surface area contributed by atoms with E-state index in [9.17, 15) is 5.11 Å². The molecule has 0 rings (SSSR count). The van der Waals surface area contributed by atoms with Crippen LogP contribution in [0.1, 0.15) is 26.7 Å². The first-order valence-corrected chi connectivity index (χ1v) is 4.06. The first-order valence-electron chi connectivity index (χ1n) is 4.06. The van der Waals surface area contributed by atoms with E-state index in [-0.39, 0.29) is 6.10 Å². The van der Waals surface area contributed by atoms with Crippen LogP contribution in [-0.2, 0) is 0 Å². The number of nitrogens with zero attached hydrogens (tertiary/aromatic N) is 1. The highest BCUT2D eigenvalue weighted by molar-refractivity contribution is 4.73. The Morgan fingerprint density at radius 2 is 2.00 bits per heavy atom. The van der Waals surface area contributed by atoms with E-state index in [1.54, 1.807) is 6.19 Å². The molecule has 3 heteroatoms. The number of aliphatic hydroxyl groups excluding tert-OH is 1. The molecule has 1 atom stereocenters. The van der Waals surface area contributed by atoms with E-state index < -0.39 is 0 Å². The molecular weight excluding hydrogens is 140 g/mol. The zero-order valence-electron chi connectivity index (χ0n) is 7.17. The molecule has 0 fully saturated rings. The Hall–Kier alpha value is -0.750. The number of rotatable bonds is 5. The number of aliphatic hydroxyl groups is 1. The van der Waals surface area contributed by atoms with Crippen molar-refractivity contribution in [3.8, 4) is 6.19 Å². The Kier molecular flexibility index (Phi) is 5.58. The molecule has 0 aliphatic carbocycles. The van der Waals surface area contributed by atoms with Gasteiger partial charge in [-0.3, -0.25) is 0 Å². The summed E-state index contributed by atoms with van der Waals surface area (Å²) in [5.74, 6) is 0.316. The first-order chi connectivity index (χ1) is 5.26. The lowest BCUT2D eigenvalue weighted by Crippen LogP contribution is -2.30. The third-order valence-electron chi connectivity index (χ3n) is 1.98.